The molecule has 12 heavy (non-hydrogen) atoms. The normalized spacial score (nSPS) is 28.8. The molecule has 0 spiro atoms. The quantitative estimate of drug-likeness (QED) is 0.648. The van der Waals surface area contributed by atoms with Gasteiger partial charge in [0.2, 0.25) is 0 Å². The zero-order chi connectivity index (χ0) is 9.03. The predicted molar refractivity (Wildman–Crippen MR) is 48.1 cm³/mol. The third kappa shape index (κ3) is 2.44. The average Bonchev–Trinajstić information content (AvgIpc) is 2.02. The predicted octanol–water partition coefficient (Wildman–Crippen LogP) is 0.383. The molecule has 0 radical (unpaired) electrons. The third-order valence-corrected chi connectivity index (χ3v) is 2.45. The number of aliphatic hydroxyl groups excluding tert-OH is 1. The van der Waals surface area contributed by atoms with E-state index in [1.807, 2.05) is 0 Å². The van der Waals surface area contributed by atoms with Crippen LogP contribution in [0.2, 0.25) is 0 Å². The van der Waals surface area contributed by atoms with Crippen LogP contribution in [0.25, 0.3) is 0 Å². The van der Waals surface area contributed by atoms with E-state index in [4.69, 9.17) is 9.84 Å². The Morgan fingerprint density at radius 2 is 2.33 bits per heavy atom. The molecule has 1 atom stereocenters. The molecular formula is C9H19NO2. The molecule has 1 aliphatic rings. The number of piperidine rings is 1. The van der Waals surface area contributed by atoms with Crippen molar-refractivity contribution in [3.05, 3.63) is 0 Å². The monoisotopic (exact) mass is 173 g/mol. The van der Waals surface area contributed by atoms with Crippen molar-refractivity contribution in [1.29, 1.82) is 0 Å². The van der Waals surface area contributed by atoms with Gasteiger partial charge in [-0.3, -0.25) is 0 Å². The van der Waals surface area contributed by atoms with Crippen LogP contribution in [0.3, 0.4) is 0 Å². The second kappa shape index (κ2) is 4.21. The maximum Gasteiger partial charge on any atom is 0.0701 e. The molecule has 0 aromatic carbocycles. The summed E-state index contributed by atoms with van der Waals surface area (Å²) in [5, 5.41) is 12.0. The van der Waals surface area contributed by atoms with Gasteiger partial charge in [0.1, 0.15) is 0 Å². The number of rotatable bonds is 3. The van der Waals surface area contributed by atoms with Crippen LogP contribution in [0.5, 0.6) is 0 Å². The summed E-state index contributed by atoms with van der Waals surface area (Å²) in [5.41, 5.74) is 0.202. The molecule has 0 bridgehead atoms. The first kappa shape index (κ1) is 9.96. The number of hydrogen-bond donors (Lipinski definition) is 2. The van der Waals surface area contributed by atoms with Crippen molar-refractivity contribution in [1.82, 2.24) is 5.32 Å². The van der Waals surface area contributed by atoms with Gasteiger partial charge in [-0.15, -0.1) is 0 Å². The minimum absolute atomic E-state index is 0.125. The van der Waals surface area contributed by atoms with Crippen LogP contribution in [-0.2, 0) is 4.74 Å². The van der Waals surface area contributed by atoms with Crippen LogP contribution >= 0.6 is 0 Å². The first-order valence-electron chi connectivity index (χ1n) is 4.60. The third-order valence-electron chi connectivity index (χ3n) is 2.45. The van der Waals surface area contributed by atoms with Gasteiger partial charge in [0.15, 0.2) is 0 Å². The van der Waals surface area contributed by atoms with Gasteiger partial charge >= 0.3 is 0 Å². The van der Waals surface area contributed by atoms with E-state index in [0.29, 0.717) is 12.7 Å². The van der Waals surface area contributed by atoms with Gasteiger partial charge in [-0.1, -0.05) is 13.8 Å². The Hall–Kier alpha value is -0.120. The fourth-order valence-corrected chi connectivity index (χ4v) is 1.65. The summed E-state index contributed by atoms with van der Waals surface area (Å²) in [6.07, 6.45) is 1.35. The Labute approximate surface area is 74.1 Å². The Kier molecular flexibility index (Phi) is 3.50. The zero-order valence-corrected chi connectivity index (χ0v) is 7.97. The van der Waals surface area contributed by atoms with E-state index in [0.717, 1.165) is 19.5 Å². The molecular weight excluding hydrogens is 154 g/mol. The van der Waals surface area contributed by atoms with Crippen LogP contribution in [0, 0.1) is 5.41 Å². The molecule has 72 valence electrons. The first-order valence-corrected chi connectivity index (χ1v) is 4.60. The first-order chi connectivity index (χ1) is 5.67. The van der Waals surface area contributed by atoms with Gasteiger partial charge in [0.25, 0.3) is 0 Å². The minimum atomic E-state index is 0.125. The highest BCUT2D eigenvalue weighted by atomic mass is 16.5. The second-order valence-electron chi connectivity index (χ2n) is 4.04. The molecule has 1 saturated heterocycles. The topological polar surface area (TPSA) is 41.5 Å². The van der Waals surface area contributed by atoms with Crippen LogP contribution in [0.15, 0.2) is 0 Å². The van der Waals surface area contributed by atoms with Gasteiger partial charge in [0.05, 0.1) is 19.3 Å². The summed E-state index contributed by atoms with van der Waals surface area (Å²) >= 11 is 0. The van der Waals surface area contributed by atoms with E-state index in [9.17, 15) is 0 Å². The lowest BCUT2D eigenvalue weighted by Gasteiger charge is -2.38. The fourth-order valence-electron chi connectivity index (χ4n) is 1.65. The molecule has 1 unspecified atom stereocenters. The largest absolute Gasteiger partial charge is 0.394 e. The lowest BCUT2D eigenvalue weighted by molar-refractivity contribution is -0.0533. The van der Waals surface area contributed by atoms with E-state index >= 15 is 0 Å². The molecule has 3 heteroatoms. The highest BCUT2D eigenvalue weighted by Crippen LogP contribution is 2.27. The van der Waals surface area contributed by atoms with E-state index < -0.39 is 0 Å². The second-order valence-corrected chi connectivity index (χ2v) is 4.04. The van der Waals surface area contributed by atoms with Gasteiger partial charge in [0, 0.05) is 12.0 Å². The summed E-state index contributed by atoms with van der Waals surface area (Å²) in [4.78, 5) is 0. The fraction of sp³-hybridized carbons (Fsp3) is 1.00. The number of aliphatic hydroxyl groups is 1. The molecule has 0 aromatic heterocycles. The minimum Gasteiger partial charge on any atom is -0.394 e. The van der Waals surface area contributed by atoms with Crippen molar-refractivity contribution < 1.29 is 9.84 Å². The molecule has 1 aliphatic heterocycles. The van der Waals surface area contributed by atoms with Gasteiger partial charge in [-0.05, 0) is 13.0 Å². The maximum atomic E-state index is 8.63. The summed E-state index contributed by atoms with van der Waals surface area (Å²) < 4.78 is 5.56. The summed E-state index contributed by atoms with van der Waals surface area (Å²) in [6, 6.07) is 0. The Bertz CT molecular complexity index is 136. The van der Waals surface area contributed by atoms with Crippen LogP contribution < -0.4 is 5.32 Å². The zero-order valence-electron chi connectivity index (χ0n) is 7.97. The van der Waals surface area contributed by atoms with Crippen molar-refractivity contribution in [3.63, 3.8) is 0 Å². The van der Waals surface area contributed by atoms with Crippen molar-refractivity contribution >= 4 is 0 Å². The van der Waals surface area contributed by atoms with Crippen molar-refractivity contribution in [3.8, 4) is 0 Å². The number of ether oxygens (including phenoxy) is 1. The molecule has 3 nitrogen and oxygen atoms in total. The van der Waals surface area contributed by atoms with Crippen molar-refractivity contribution in [2.45, 2.75) is 26.4 Å². The smallest absolute Gasteiger partial charge is 0.0701 e. The van der Waals surface area contributed by atoms with Gasteiger partial charge in [-0.25, -0.2) is 0 Å². The molecule has 0 aliphatic carbocycles. The standard InChI is InChI=1S/C9H19NO2/c1-9(2)7-10-4-3-8(9)12-6-5-11/h8,10-11H,3-7H2,1-2H3. The molecule has 2 N–H and O–H groups in total. The van der Waals surface area contributed by atoms with E-state index in [-0.39, 0.29) is 12.0 Å². The Morgan fingerprint density at radius 3 is 2.92 bits per heavy atom. The molecule has 0 amide bonds. The number of nitrogens with one attached hydrogen (secondary N) is 1. The van der Waals surface area contributed by atoms with Crippen LogP contribution in [0.1, 0.15) is 20.3 Å². The maximum absolute atomic E-state index is 8.63. The summed E-state index contributed by atoms with van der Waals surface area (Å²) in [7, 11) is 0. The van der Waals surface area contributed by atoms with E-state index in [1.165, 1.54) is 0 Å². The van der Waals surface area contributed by atoms with Gasteiger partial charge in [-0.2, -0.15) is 0 Å². The van der Waals surface area contributed by atoms with Crippen molar-refractivity contribution in [2.75, 3.05) is 26.3 Å². The van der Waals surface area contributed by atoms with Crippen LogP contribution in [0.4, 0.5) is 0 Å². The molecule has 1 rings (SSSR count). The van der Waals surface area contributed by atoms with E-state index in [1.54, 1.807) is 0 Å². The Balaban J connectivity index is 2.37. The van der Waals surface area contributed by atoms with E-state index in [2.05, 4.69) is 19.2 Å². The summed E-state index contributed by atoms with van der Waals surface area (Å²) in [6.45, 7) is 7.01. The highest BCUT2D eigenvalue weighted by Gasteiger charge is 2.32. The highest BCUT2D eigenvalue weighted by molar-refractivity contribution is 4.86. The summed E-state index contributed by atoms with van der Waals surface area (Å²) in [5.74, 6) is 0. The van der Waals surface area contributed by atoms with Gasteiger partial charge < -0.3 is 15.2 Å². The van der Waals surface area contributed by atoms with Crippen LogP contribution in [-0.4, -0.2) is 37.5 Å². The molecule has 1 fully saturated rings. The Morgan fingerprint density at radius 1 is 1.58 bits per heavy atom. The molecule has 0 saturated carbocycles. The molecule has 0 aromatic rings. The lowest BCUT2D eigenvalue weighted by Crippen LogP contribution is -2.47. The molecule has 1 heterocycles. The number of hydrogen-bond acceptors (Lipinski definition) is 3. The van der Waals surface area contributed by atoms with Crippen molar-refractivity contribution in [2.24, 2.45) is 5.41 Å². The average molecular weight is 173 g/mol. The SMILES string of the molecule is CC1(C)CNCCC1OCCO. The lowest BCUT2D eigenvalue weighted by atomic mass is 9.82.